The second-order valence-electron chi connectivity index (χ2n) is 3.51. The van der Waals surface area contributed by atoms with Crippen molar-refractivity contribution in [1.29, 1.82) is 0 Å². The number of amides is 1. The number of rotatable bonds is 2. The molecule has 0 fully saturated rings. The maximum absolute atomic E-state index is 12.1. The van der Waals surface area contributed by atoms with Crippen molar-refractivity contribution < 1.29 is 4.79 Å². The van der Waals surface area contributed by atoms with Gasteiger partial charge in [-0.3, -0.25) is 9.78 Å². The Morgan fingerprint density at radius 1 is 1.22 bits per heavy atom. The second-order valence-corrected chi connectivity index (χ2v) is 4.33. The highest BCUT2D eigenvalue weighted by Crippen LogP contribution is 2.26. The molecule has 4 nitrogen and oxygen atoms in total. The fourth-order valence-corrected chi connectivity index (χ4v) is 1.99. The lowest BCUT2D eigenvalue weighted by atomic mass is 10.2. The number of nitrogen functional groups attached to an aromatic ring is 1. The van der Waals surface area contributed by atoms with Crippen LogP contribution in [0.15, 0.2) is 36.7 Å². The zero-order valence-corrected chi connectivity index (χ0v) is 10.7. The second kappa shape index (κ2) is 5.25. The van der Waals surface area contributed by atoms with Crippen LogP contribution < -0.4 is 11.1 Å². The Balaban J connectivity index is 2.31. The van der Waals surface area contributed by atoms with E-state index in [1.807, 2.05) is 0 Å². The summed E-state index contributed by atoms with van der Waals surface area (Å²) in [6, 6.07) is 6.46. The summed E-state index contributed by atoms with van der Waals surface area (Å²) in [4.78, 5) is 15.9. The molecule has 0 atom stereocenters. The molecule has 0 saturated heterocycles. The molecule has 0 spiro atoms. The summed E-state index contributed by atoms with van der Waals surface area (Å²) in [6.07, 6.45) is 2.98. The van der Waals surface area contributed by atoms with E-state index < -0.39 is 5.91 Å². The molecule has 0 radical (unpaired) electrons. The molecule has 0 aliphatic rings. The lowest BCUT2D eigenvalue weighted by Crippen LogP contribution is -2.14. The highest BCUT2D eigenvalue weighted by Gasteiger charge is 2.15. The first-order valence-electron chi connectivity index (χ1n) is 5.04. The van der Waals surface area contributed by atoms with Crippen molar-refractivity contribution in [2.45, 2.75) is 0 Å². The van der Waals surface area contributed by atoms with Crippen LogP contribution in [0, 0.1) is 0 Å². The number of nitrogens with zero attached hydrogens (tertiary/aromatic N) is 1. The van der Waals surface area contributed by atoms with Crippen LogP contribution in [-0.2, 0) is 0 Å². The summed E-state index contributed by atoms with van der Waals surface area (Å²) < 4.78 is 0. The number of nitrogens with one attached hydrogen (secondary N) is 1. The van der Waals surface area contributed by atoms with Gasteiger partial charge in [-0.25, -0.2) is 0 Å². The Hall–Kier alpha value is -1.78. The Labute approximate surface area is 114 Å². The molecule has 1 aromatic carbocycles. The molecular weight excluding hydrogens is 273 g/mol. The van der Waals surface area contributed by atoms with E-state index in [0.29, 0.717) is 11.4 Å². The Morgan fingerprint density at radius 3 is 2.50 bits per heavy atom. The fourth-order valence-electron chi connectivity index (χ4n) is 1.42. The predicted molar refractivity (Wildman–Crippen MR) is 73.1 cm³/mol. The maximum Gasteiger partial charge on any atom is 0.258 e. The smallest absolute Gasteiger partial charge is 0.258 e. The van der Waals surface area contributed by atoms with E-state index in [-0.39, 0.29) is 15.6 Å². The van der Waals surface area contributed by atoms with Gasteiger partial charge in [0.25, 0.3) is 5.91 Å². The van der Waals surface area contributed by atoms with Gasteiger partial charge in [0.15, 0.2) is 0 Å². The molecule has 0 bridgehead atoms. The van der Waals surface area contributed by atoms with E-state index in [0.717, 1.165) is 0 Å². The molecule has 0 unspecified atom stereocenters. The number of halogens is 2. The normalized spacial score (nSPS) is 10.1. The van der Waals surface area contributed by atoms with Crippen LogP contribution in [0.1, 0.15) is 10.4 Å². The highest BCUT2D eigenvalue weighted by atomic mass is 35.5. The summed E-state index contributed by atoms with van der Waals surface area (Å²) in [5.41, 5.74) is 6.73. The fraction of sp³-hybridized carbons (Fsp3) is 0. The van der Waals surface area contributed by atoms with Gasteiger partial charge in [-0.2, -0.15) is 0 Å². The molecule has 1 heterocycles. The first kappa shape index (κ1) is 12.7. The van der Waals surface area contributed by atoms with Gasteiger partial charge in [0.1, 0.15) is 0 Å². The molecule has 6 heteroatoms. The molecular formula is C12H9Cl2N3O. The van der Waals surface area contributed by atoms with Crippen molar-refractivity contribution in [3.05, 3.63) is 52.3 Å². The van der Waals surface area contributed by atoms with Gasteiger partial charge in [0.05, 0.1) is 33.2 Å². The van der Waals surface area contributed by atoms with Gasteiger partial charge in [-0.15, -0.1) is 0 Å². The molecule has 1 amide bonds. The van der Waals surface area contributed by atoms with Crippen molar-refractivity contribution in [3.63, 3.8) is 0 Å². The van der Waals surface area contributed by atoms with Crippen LogP contribution in [0.2, 0.25) is 10.0 Å². The van der Waals surface area contributed by atoms with E-state index in [2.05, 4.69) is 10.3 Å². The molecule has 0 aliphatic heterocycles. The number of hydrogen-bond acceptors (Lipinski definition) is 3. The molecule has 3 N–H and O–H groups in total. The van der Waals surface area contributed by atoms with E-state index in [1.54, 1.807) is 24.3 Å². The van der Waals surface area contributed by atoms with Gasteiger partial charge < -0.3 is 11.1 Å². The van der Waals surface area contributed by atoms with Crippen LogP contribution in [0.4, 0.5) is 11.4 Å². The molecule has 92 valence electrons. The van der Waals surface area contributed by atoms with Crippen LogP contribution in [0.3, 0.4) is 0 Å². The Kier molecular flexibility index (Phi) is 3.69. The third-order valence-electron chi connectivity index (χ3n) is 2.29. The van der Waals surface area contributed by atoms with Gasteiger partial charge in [0, 0.05) is 6.20 Å². The number of benzene rings is 1. The number of anilines is 2. The molecule has 1 aromatic heterocycles. The van der Waals surface area contributed by atoms with Crippen LogP contribution in [-0.4, -0.2) is 10.9 Å². The number of aromatic nitrogens is 1. The number of pyridine rings is 1. The average Bonchev–Trinajstić information content (AvgIpc) is 2.32. The van der Waals surface area contributed by atoms with Crippen LogP contribution in [0.5, 0.6) is 0 Å². The quantitative estimate of drug-likeness (QED) is 0.888. The summed E-state index contributed by atoms with van der Waals surface area (Å²) in [5.74, 6) is -0.413. The highest BCUT2D eigenvalue weighted by molar-refractivity contribution is 6.40. The summed E-state index contributed by atoms with van der Waals surface area (Å²) >= 11 is 11.9. The van der Waals surface area contributed by atoms with Gasteiger partial charge >= 0.3 is 0 Å². The van der Waals surface area contributed by atoms with Crippen molar-refractivity contribution in [1.82, 2.24) is 4.98 Å². The predicted octanol–water partition coefficient (Wildman–Crippen LogP) is 3.22. The largest absolute Gasteiger partial charge is 0.396 e. The average molecular weight is 282 g/mol. The SMILES string of the molecule is Nc1cnccc1NC(=O)c1c(Cl)cccc1Cl. The Morgan fingerprint density at radius 2 is 1.89 bits per heavy atom. The third kappa shape index (κ3) is 2.55. The van der Waals surface area contributed by atoms with Crippen molar-refractivity contribution in [2.24, 2.45) is 0 Å². The zero-order valence-electron chi connectivity index (χ0n) is 9.15. The standard InChI is InChI=1S/C12H9Cl2N3O/c13-7-2-1-3-8(14)11(7)12(18)17-10-4-5-16-6-9(10)15/h1-6H,15H2,(H,16,17,18). The lowest BCUT2D eigenvalue weighted by molar-refractivity contribution is 0.102. The number of hydrogen-bond donors (Lipinski definition) is 2. The van der Waals surface area contributed by atoms with Crippen molar-refractivity contribution >= 4 is 40.5 Å². The maximum atomic E-state index is 12.1. The molecule has 2 aromatic rings. The first-order chi connectivity index (χ1) is 8.59. The van der Waals surface area contributed by atoms with E-state index in [4.69, 9.17) is 28.9 Å². The third-order valence-corrected chi connectivity index (χ3v) is 2.92. The topological polar surface area (TPSA) is 68.0 Å². The van der Waals surface area contributed by atoms with E-state index in [9.17, 15) is 4.79 Å². The van der Waals surface area contributed by atoms with Crippen molar-refractivity contribution in [3.8, 4) is 0 Å². The van der Waals surface area contributed by atoms with Gasteiger partial charge in [-0.05, 0) is 18.2 Å². The summed E-state index contributed by atoms with van der Waals surface area (Å²) in [5, 5.41) is 3.21. The van der Waals surface area contributed by atoms with Gasteiger partial charge in [0.2, 0.25) is 0 Å². The number of carbonyl (C=O) groups excluding carboxylic acids is 1. The van der Waals surface area contributed by atoms with Gasteiger partial charge in [-0.1, -0.05) is 29.3 Å². The summed E-state index contributed by atoms with van der Waals surface area (Å²) in [7, 11) is 0. The molecule has 0 saturated carbocycles. The van der Waals surface area contributed by atoms with E-state index in [1.165, 1.54) is 12.4 Å². The molecule has 18 heavy (non-hydrogen) atoms. The van der Waals surface area contributed by atoms with Crippen molar-refractivity contribution in [2.75, 3.05) is 11.1 Å². The molecule has 2 rings (SSSR count). The Bertz CT molecular complexity index is 581. The minimum atomic E-state index is -0.413. The zero-order chi connectivity index (χ0) is 13.1. The van der Waals surface area contributed by atoms with E-state index >= 15 is 0 Å². The minimum absolute atomic E-state index is 0.219. The minimum Gasteiger partial charge on any atom is -0.396 e. The van der Waals surface area contributed by atoms with Crippen LogP contribution >= 0.6 is 23.2 Å². The first-order valence-corrected chi connectivity index (χ1v) is 5.80. The van der Waals surface area contributed by atoms with Crippen LogP contribution in [0.25, 0.3) is 0 Å². The monoisotopic (exact) mass is 281 g/mol. The number of nitrogens with two attached hydrogens (primary N) is 1. The number of carbonyl (C=O) groups is 1. The molecule has 0 aliphatic carbocycles. The summed E-state index contributed by atoms with van der Waals surface area (Å²) in [6.45, 7) is 0. The lowest BCUT2D eigenvalue weighted by Gasteiger charge is -2.09.